The molecule has 0 aliphatic heterocycles. The second-order valence-corrected chi connectivity index (χ2v) is 2.29. The third-order valence-corrected chi connectivity index (χ3v) is 1.43. The van der Waals surface area contributed by atoms with E-state index in [4.69, 9.17) is 4.74 Å². The fourth-order valence-electron chi connectivity index (χ4n) is 0.395. The van der Waals surface area contributed by atoms with E-state index in [-0.39, 0.29) is 0 Å². The summed E-state index contributed by atoms with van der Waals surface area (Å²) in [5.41, 5.74) is 1.59. The van der Waals surface area contributed by atoms with E-state index in [0.29, 0.717) is 5.06 Å². The Morgan fingerprint density at radius 2 is 2.70 bits per heavy atom. The van der Waals surface area contributed by atoms with Crippen LogP contribution in [0.2, 0.25) is 0 Å². The van der Waals surface area contributed by atoms with Crippen molar-refractivity contribution in [2.24, 2.45) is 0 Å². The van der Waals surface area contributed by atoms with E-state index < -0.39 is 5.97 Å². The van der Waals surface area contributed by atoms with Crippen molar-refractivity contribution in [1.29, 1.82) is 0 Å². The maximum atomic E-state index is 10.5. The van der Waals surface area contributed by atoms with Crippen LogP contribution in [-0.4, -0.2) is 11.0 Å². The average Bonchev–Trinajstić information content (AvgIpc) is 2.40. The standard InChI is InChI=1S/C6H5NO2S/c1-2-5(8)9-6-3-7-4-10-6/h2-4H,1H2. The van der Waals surface area contributed by atoms with Crippen molar-refractivity contribution in [3.63, 3.8) is 0 Å². The number of esters is 1. The zero-order chi connectivity index (χ0) is 7.40. The Balaban J connectivity index is 2.56. The Morgan fingerprint density at radius 3 is 3.20 bits per heavy atom. The fourth-order valence-corrected chi connectivity index (χ4v) is 0.873. The van der Waals surface area contributed by atoms with Crippen LogP contribution in [0.15, 0.2) is 24.4 Å². The van der Waals surface area contributed by atoms with Gasteiger partial charge in [-0.2, -0.15) is 0 Å². The number of nitrogens with zero attached hydrogens (tertiary/aromatic N) is 1. The molecule has 0 unspecified atom stereocenters. The number of hydrogen-bond donors (Lipinski definition) is 0. The van der Waals surface area contributed by atoms with Crippen LogP contribution in [0.3, 0.4) is 0 Å². The van der Waals surface area contributed by atoms with E-state index >= 15 is 0 Å². The number of carbonyl (C=O) groups excluding carboxylic acids is 1. The molecule has 0 bridgehead atoms. The van der Waals surface area contributed by atoms with Crippen LogP contribution in [0.4, 0.5) is 0 Å². The third-order valence-electron chi connectivity index (χ3n) is 0.778. The van der Waals surface area contributed by atoms with Gasteiger partial charge in [0.2, 0.25) is 5.06 Å². The Morgan fingerprint density at radius 1 is 1.90 bits per heavy atom. The molecule has 1 aromatic heterocycles. The summed E-state index contributed by atoms with van der Waals surface area (Å²) in [4.78, 5) is 14.2. The fraction of sp³-hybridized carbons (Fsp3) is 0. The second kappa shape index (κ2) is 3.12. The Bertz CT molecular complexity index is 230. The summed E-state index contributed by atoms with van der Waals surface area (Å²) in [5.74, 6) is -0.454. The highest BCUT2D eigenvalue weighted by molar-refractivity contribution is 7.11. The molecule has 1 aromatic rings. The number of thiazole rings is 1. The Labute approximate surface area is 62.0 Å². The first-order chi connectivity index (χ1) is 4.83. The number of aromatic nitrogens is 1. The van der Waals surface area contributed by atoms with Crippen LogP contribution in [0.1, 0.15) is 0 Å². The molecular formula is C6H5NO2S. The van der Waals surface area contributed by atoms with E-state index in [0.717, 1.165) is 6.08 Å². The van der Waals surface area contributed by atoms with Crippen LogP contribution in [0, 0.1) is 0 Å². The summed E-state index contributed by atoms with van der Waals surface area (Å²) < 4.78 is 4.70. The first kappa shape index (κ1) is 6.95. The smallest absolute Gasteiger partial charge is 0.336 e. The maximum absolute atomic E-state index is 10.5. The molecule has 0 aliphatic carbocycles. The highest BCUT2D eigenvalue weighted by Gasteiger charge is 1.98. The molecule has 3 nitrogen and oxygen atoms in total. The van der Waals surface area contributed by atoms with E-state index in [1.54, 1.807) is 5.51 Å². The van der Waals surface area contributed by atoms with E-state index in [1.807, 2.05) is 0 Å². The van der Waals surface area contributed by atoms with Crippen LogP contribution in [0.25, 0.3) is 0 Å². The summed E-state index contributed by atoms with van der Waals surface area (Å²) in [6, 6.07) is 0. The predicted octanol–water partition coefficient (Wildman–Crippen LogP) is 1.23. The molecule has 0 saturated carbocycles. The normalized spacial score (nSPS) is 8.80. The quantitative estimate of drug-likeness (QED) is 0.476. The lowest BCUT2D eigenvalue weighted by Gasteiger charge is -1.91. The number of ether oxygens (including phenoxy) is 1. The minimum atomic E-state index is -0.454. The number of hydrogen-bond acceptors (Lipinski definition) is 4. The summed E-state index contributed by atoms with van der Waals surface area (Å²) in [6.07, 6.45) is 2.59. The lowest BCUT2D eigenvalue weighted by molar-refractivity contribution is -0.128. The summed E-state index contributed by atoms with van der Waals surface area (Å²) in [5, 5.41) is 0.491. The molecule has 0 radical (unpaired) electrons. The van der Waals surface area contributed by atoms with Crippen molar-refractivity contribution in [1.82, 2.24) is 4.98 Å². The highest BCUT2D eigenvalue weighted by atomic mass is 32.1. The number of rotatable bonds is 2. The molecule has 0 N–H and O–H groups in total. The van der Waals surface area contributed by atoms with Gasteiger partial charge in [-0.3, -0.25) is 0 Å². The SMILES string of the molecule is C=CC(=O)Oc1cncs1. The molecule has 0 saturated heterocycles. The lowest BCUT2D eigenvalue weighted by Crippen LogP contribution is -2.00. The van der Waals surface area contributed by atoms with Crippen molar-refractivity contribution in [3.05, 3.63) is 24.4 Å². The highest BCUT2D eigenvalue weighted by Crippen LogP contribution is 2.15. The summed E-state index contributed by atoms with van der Waals surface area (Å²) in [6.45, 7) is 3.25. The molecule has 0 amide bonds. The van der Waals surface area contributed by atoms with Gasteiger partial charge in [0.25, 0.3) is 0 Å². The van der Waals surface area contributed by atoms with Gasteiger partial charge in [0, 0.05) is 6.08 Å². The van der Waals surface area contributed by atoms with Gasteiger partial charge < -0.3 is 4.74 Å². The van der Waals surface area contributed by atoms with E-state index in [9.17, 15) is 4.79 Å². The van der Waals surface area contributed by atoms with Crippen LogP contribution >= 0.6 is 11.3 Å². The first-order valence-electron chi connectivity index (χ1n) is 2.55. The van der Waals surface area contributed by atoms with Crippen molar-refractivity contribution in [3.8, 4) is 5.06 Å². The van der Waals surface area contributed by atoms with Crippen molar-refractivity contribution >= 4 is 17.3 Å². The van der Waals surface area contributed by atoms with Crippen LogP contribution < -0.4 is 4.74 Å². The molecule has 0 aliphatic rings. The molecule has 1 rings (SSSR count). The van der Waals surface area contributed by atoms with Crippen molar-refractivity contribution in [2.75, 3.05) is 0 Å². The van der Waals surface area contributed by atoms with Gasteiger partial charge in [-0.1, -0.05) is 17.9 Å². The molecule has 10 heavy (non-hydrogen) atoms. The Kier molecular flexibility index (Phi) is 2.17. The monoisotopic (exact) mass is 155 g/mol. The lowest BCUT2D eigenvalue weighted by atomic mass is 10.7. The van der Waals surface area contributed by atoms with Gasteiger partial charge in [-0.15, -0.1) is 0 Å². The zero-order valence-corrected chi connectivity index (χ0v) is 5.93. The molecule has 0 fully saturated rings. The maximum Gasteiger partial charge on any atom is 0.336 e. The molecule has 52 valence electrons. The van der Waals surface area contributed by atoms with Gasteiger partial charge >= 0.3 is 5.97 Å². The Hall–Kier alpha value is -1.16. The van der Waals surface area contributed by atoms with Crippen molar-refractivity contribution in [2.45, 2.75) is 0 Å². The van der Waals surface area contributed by atoms with Gasteiger partial charge in [0.15, 0.2) is 0 Å². The second-order valence-electron chi connectivity index (χ2n) is 1.45. The van der Waals surface area contributed by atoms with E-state index in [2.05, 4.69) is 11.6 Å². The minimum absolute atomic E-state index is 0.454. The van der Waals surface area contributed by atoms with Crippen LogP contribution in [-0.2, 0) is 4.79 Å². The van der Waals surface area contributed by atoms with Gasteiger partial charge in [-0.05, 0) is 0 Å². The van der Waals surface area contributed by atoms with Crippen molar-refractivity contribution < 1.29 is 9.53 Å². The van der Waals surface area contributed by atoms with Gasteiger partial charge in [0.1, 0.15) is 0 Å². The number of carbonyl (C=O) groups is 1. The topological polar surface area (TPSA) is 39.2 Å². The van der Waals surface area contributed by atoms with Crippen LogP contribution in [0.5, 0.6) is 5.06 Å². The molecule has 1 heterocycles. The average molecular weight is 155 g/mol. The van der Waals surface area contributed by atoms with Gasteiger partial charge in [-0.25, -0.2) is 9.78 Å². The molecule has 4 heteroatoms. The minimum Gasteiger partial charge on any atom is -0.411 e. The zero-order valence-electron chi connectivity index (χ0n) is 5.11. The summed E-state index contributed by atoms with van der Waals surface area (Å²) in [7, 11) is 0. The molecule has 0 atom stereocenters. The van der Waals surface area contributed by atoms with E-state index in [1.165, 1.54) is 17.5 Å². The largest absolute Gasteiger partial charge is 0.411 e. The third kappa shape index (κ3) is 1.66. The van der Waals surface area contributed by atoms with Gasteiger partial charge in [0.05, 0.1) is 11.7 Å². The molecular weight excluding hydrogens is 150 g/mol. The first-order valence-corrected chi connectivity index (χ1v) is 3.43. The molecule has 0 aromatic carbocycles. The summed E-state index contributed by atoms with van der Waals surface area (Å²) >= 11 is 1.26. The predicted molar refractivity (Wildman–Crippen MR) is 37.9 cm³/mol. The molecule has 0 spiro atoms.